The summed E-state index contributed by atoms with van der Waals surface area (Å²) in [5.41, 5.74) is 5.32. The third kappa shape index (κ3) is 4.78. The number of carbonyl (C=O) groups is 1. The number of rotatable bonds is 5. The fourth-order valence-electron chi connectivity index (χ4n) is 1.09. The third-order valence-electron chi connectivity index (χ3n) is 1.73. The lowest BCUT2D eigenvalue weighted by atomic mass is 10.2. The van der Waals surface area contributed by atoms with Crippen LogP contribution in [0.3, 0.4) is 0 Å². The highest BCUT2D eigenvalue weighted by atomic mass is 35.5. The molecular formula is C9H13ClN6O2. The highest BCUT2D eigenvalue weighted by molar-refractivity contribution is 5.90. The molecule has 9 heteroatoms. The summed E-state index contributed by atoms with van der Waals surface area (Å²) in [6.07, 6.45) is 2.46. The van der Waals surface area contributed by atoms with Crippen molar-refractivity contribution >= 4 is 42.4 Å². The van der Waals surface area contributed by atoms with Crippen LogP contribution in [0, 0.1) is 0 Å². The van der Waals surface area contributed by atoms with Gasteiger partial charge in [0.1, 0.15) is 12.7 Å². The van der Waals surface area contributed by atoms with E-state index < -0.39 is 5.97 Å². The number of nitrogens with one attached hydrogen (secondary N) is 2. The van der Waals surface area contributed by atoms with Gasteiger partial charge in [-0.3, -0.25) is 0 Å². The molecule has 0 aromatic heterocycles. The van der Waals surface area contributed by atoms with Crippen LogP contribution in [0.2, 0.25) is 0 Å². The van der Waals surface area contributed by atoms with Gasteiger partial charge >= 0.3 is 5.97 Å². The molecule has 0 spiro atoms. The van der Waals surface area contributed by atoms with Gasteiger partial charge in [-0.25, -0.2) is 26.5 Å². The van der Waals surface area contributed by atoms with Crippen molar-refractivity contribution in [2.75, 3.05) is 0 Å². The molecule has 0 amide bonds. The predicted octanol–water partition coefficient (Wildman–Crippen LogP) is 0.0528. The van der Waals surface area contributed by atoms with Crippen molar-refractivity contribution in [3.8, 4) is 0 Å². The van der Waals surface area contributed by atoms with Gasteiger partial charge in [0.25, 0.3) is 0 Å². The second-order valence-electron chi connectivity index (χ2n) is 2.89. The Morgan fingerprint density at radius 3 is 1.89 bits per heavy atom. The second kappa shape index (κ2) is 8.01. The number of carboxylic acids is 1. The van der Waals surface area contributed by atoms with Crippen molar-refractivity contribution in [2.24, 2.45) is 21.7 Å². The van der Waals surface area contributed by atoms with Gasteiger partial charge < -0.3 is 16.0 Å². The van der Waals surface area contributed by atoms with Crippen molar-refractivity contribution in [3.05, 3.63) is 23.8 Å². The Morgan fingerprint density at radius 2 is 1.56 bits per heavy atom. The monoisotopic (exact) mass is 272 g/mol. The largest absolute Gasteiger partial charge is 0.478 e. The minimum absolute atomic E-state index is 0. The first-order valence-electron chi connectivity index (χ1n) is 4.53. The number of benzene rings is 1. The number of halogens is 1. The van der Waals surface area contributed by atoms with E-state index in [1.165, 1.54) is 24.8 Å². The maximum atomic E-state index is 10.9. The van der Waals surface area contributed by atoms with E-state index in [2.05, 4.69) is 20.8 Å². The summed E-state index contributed by atoms with van der Waals surface area (Å²) in [5.74, 6) is 8.97. The topological polar surface area (TPSA) is 138 Å². The van der Waals surface area contributed by atoms with Crippen LogP contribution in [0.25, 0.3) is 0 Å². The molecule has 0 aliphatic carbocycles. The van der Waals surface area contributed by atoms with Gasteiger partial charge in [0.15, 0.2) is 0 Å². The standard InChI is InChI=1S/C9H12N6O2.ClH/c10-14-4-12-7-1-6(9(16)17)2-8(3-7)13-5-15-11;/h1-5H,10-11H2,(H,12,14)(H,13,15)(H,16,17);1H. The molecule has 8 nitrogen and oxygen atoms in total. The normalized spacial score (nSPS) is 10.3. The molecule has 0 heterocycles. The van der Waals surface area contributed by atoms with E-state index >= 15 is 0 Å². The van der Waals surface area contributed by atoms with E-state index in [1.807, 2.05) is 0 Å². The molecule has 0 radical (unpaired) electrons. The first-order valence-corrected chi connectivity index (χ1v) is 4.53. The number of nitrogens with zero attached hydrogens (tertiary/aromatic N) is 2. The summed E-state index contributed by atoms with van der Waals surface area (Å²) >= 11 is 0. The van der Waals surface area contributed by atoms with E-state index in [0.29, 0.717) is 11.4 Å². The van der Waals surface area contributed by atoms with Gasteiger partial charge in [0.05, 0.1) is 16.9 Å². The van der Waals surface area contributed by atoms with Crippen molar-refractivity contribution in [2.45, 2.75) is 0 Å². The Balaban J connectivity index is 0.00000289. The fourth-order valence-corrected chi connectivity index (χ4v) is 1.09. The maximum Gasteiger partial charge on any atom is 0.335 e. The van der Waals surface area contributed by atoms with Crippen LogP contribution < -0.4 is 22.5 Å². The summed E-state index contributed by atoms with van der Waals surface area (Å²) in [7, 11) is 0. The molecule has 0 unspecified atom stereocenters. The first-order chi connectivity index (χ1) is 8.17. The average molecular weight is 273 g/mol. The van der Waals surface area contributed by atoms with E-state index in [4.69, 9.17) is 16.8 Å². The number of hydrazine groups is 2. The summed E-state index contributed by atoms with van der Waals surface area (Å²) in [4.78, 5) is 18.6. The molecule has 0 saturated carbocycles. The second-order valence-corrected chi connectivity index (χ2v) is 2.89. The van der Waals surface area contributed by atoms with E-state index in [-0.39, 0.29) is 18.0 Å². The quantitative estimate of drug-likeness (QED) is 0.222. The van der Waals surface area contributed by atoms with Gasteiger partial charge in [0.2, 0.25) is 0 Å². The molecule has 1 aromatic rings. The molecule has 18 heavy (non-hydrogen) atoms. The molecule has 98 valence electrons. The molecule has 0 saturated heterocycles. The first kappa shape index (κ1) is 15.8. The molecule has 0 fully saturated rings. The lowest BCUT2D eigenvalue weighted by Gasteiger charge is -2.00. The van der Waals surface area contributed by atoms with Gasteiger partial charge in [-0.05, 0) is 18.2 Å². The summed E-state index contributed by atoms with van der Waals surface area (Å²) < 4.78 is 0. The van der Waals surface area contributed by atoms with Gasteiger partial charge in [-0.2, -0.15) is 0 Å². The van der Waals surface area contributed by atoms with E-state index in [9.17, 15) is 4.79 Å². The van der Waals surface area contributed by atoms with Gasteiger partial charge in [-0.15, -0.1) is 12.4 Å². The van der Waals surface area contributed by atoms with Crippen molar-refractivity contribution in [3.63, 3.8) is 0 Å². The highest BCUT2D eigenvalue weighted by Gasteiger charge is 2.05. The molecule has 1 aromatic carbocycles. The Bertz CT molecular complexity index is 430. The molecule has 1 rings (SSSR count). The van der Waals surface area contributed by atoms with Crippen LogP contribution in [-0.2, 0) is 0 Å². The van der Waals surface area contributed by atoms with Crippen molar-refractivity contribution in [1.29, 1.82) is 0 Å². The Morgan fingerprint density at radius 1 is 1.11 bits per heavy atom. The highest BCUT2D eigenvalue weighted by Crippen LogP contribution is 2.23. The SMILES string of the molecule is Cl.NNC=Nc1cc(N=CNN)cc(C(=O)O)c1. The predicted molar refractivity (Wildman–Crippen MR) is 71.6 cm³/mol. The Labute approximate surface area is 109 Å². The average Bonchev–Trinajstić information content (AvgIpc) is 2.33. The molecule has 0 bridgehead atoms. The lowest BCUT2D eigenvalue weighted by molar-refractivity contribution is 0.0697. The minimum atomic E-state index is -1.07. The van der Waals surface area contributed by atoms with Gasteiger partial charge in [-0.1, -0.05) is 0 Å². The molecule has 0 aliphatic heterocycles. The summed E-state index contributed by atoms with van der Waals surface area (Å²) in [6, 6.07) is 4.37. The van der Waals surface area contributed by atoms with E-state index in [0.717, 1.165) is 0 Å². The van der Waals surface area contributed by atoms with Crippen LogP contribution >= 0.6 is 12.4 Å². The van der Waals surface area contributed by atoms with Crippen LogP contribution in [0.5, 0.6) is 0 Å². The molecule has 0 aliphatic rings. The minimum Gasteiger partial charge on any atom is -0.478 e. The number of aromatic carboxylic acids is 1. The van der Waals surface area contributed by atoms with Crippen LogP contribution in [-0.4, -0.2) is 23.8 Å². The van der Waals surface area contributed by atoms with Crippen LogP contribution in [0.15, 0.2) is 28.2 Å². The molecular weight excluding hydrogens is 260 g/mol. The maximum absolute atomic E-state index is 10.9. The Kier molecular flexibility index (Phi) is 7.05. The van der Waals surface area contributed by atoms with Crippen LogP contribution in [0.1, 0.15) is 10.4 Å². The van der Waals surface area contributed by atoms with Crippen molar-refractivity contribution in [1.82, 2.24) is 10.9 Å². The zero-order valence-electron chi connectivity index (χ0n) is 9.20. The third-order valence-corrected chi connectivity index (χ3v) is 1.73. The van der Waals surface area contributed by atoms with Gasteiger partial charge in [0, 0.05) is 0 Å². The lowest BCUT2D eigenvalue weighted by Crippen LogP contribution is -2.18. The Hall–Kier alpha value is -2.16. The number of nitrogens with two attached hydrogens (primary N) is 2. The van der Waals surface area contributed by atoms with E-state index in [1.54, 1.807) is 6.07 Å². The number of aliphatic imine (C=N–C) groups is 2. The number of hydrogen-bond acceptors (Lipinski definition) is 5. The molecule has 7 N–H and O–H groups in total. The number of carboxylic acid groups (broad SMARTS) is 1. The van der Waals surface area contributed by atoms with Crippen LogP contribution in [0.4, 0.5) is 11.4 Å². The van der Waals surface area contributed by atoms with Crippen molar-refractivity contribution < 1.29 is 9.90 Å². The smallest absolute Gasteiger partial charge is 0.335 e. The zero-order valence-corrected chi connectivity index (χ0v) is 10.0. The zero-order chi connectivity index (χ0) is 12.7. The number of hydrogen-bond donors (Lipinski definition) is 5. The fraction of sp³-hybridized carbons (Fsp3) is 0. The molecule has 0 atom stereocenters. The summed E-state index contributed by atoms with van der Waals surface area (Å²) in [6.45, 7) is 0. The summed E-state index contributed by atoms with van der Waals surface area (Å²) in [5, 5.41) is 8.90.